The summed E-state index contributed by atoms with van der Waals surface area (Å²) in [6, 6.07) is 13.5. The molecule has 1 N–H and O–H groups in total. The number of hydrogen-bond acceptors (Lipinski definition) is 6. The number of hydrogen-bond donors (Lipinski definition) is 1. The van der Waals surface area contributed by atoms with Gasteiger partial charge in [0.2, 0.25) is 21.8 Å². The number of sulfonamides is 1. The van der Waals surface area contributed by atoms with Gasteiger partial charge in [0.15, 0.2) is 0 Å². The first kappa shape index (κ1) is 30.0. The minimum Gasteiger partial charge on any atom is -0.497 e. The van der Waals surface area contributed by atoms with Crippen LogP contribution in [0.25, 0.3) is 0 Å². The van der Waals surface area contributed by atoms with Gasteiger partial charge in [-0.1, -0.05) is 37.6 Å². The van der Waals surface area contributed by atoms with Gasteiger partial charge >= 0.3 is 0 Å². The summed E-state index contributed by atoms with van der Waals surface area (Å²) in [6.45, 7) is 4.64. The SMILES string of the molecule is CCCCNC(=O)C(C)N(Cc1ccc(OC)cc1)C(=O)CCCN(c1ccccc1OC)S(C)(=O)=O. The van der Waals surface area contributed by atoms with Crippen LogP contribution in [-0.4, -0.2) is 64.7 Å². The number of unbranched alkanes of at least 4 members (excludes halogenated alkanes) is 1. The normalized spacial score (nSPS) is 11.9. The molecule has 0 heterocycles. The summed E-state index contributed by atoms with van der Waals surface area (Å²) in [6.07, 6.45) is 3.28. The van der Waals surface area contributed by atoms with Gasteiger partial charge in [-0.05, 0) is 49.6 Å². The number of methoxy groups -OCH3 is 2. The maximum Gasteiger partial charge on any atom is 0.242 e. The number of para-hydroxylation sites is 2. The van der Waals surface area contributed by atoms with Crippen molar-refractivity contribution in [1.29, 1.82) is 0 Å². The molecule has 0 fully saturated rings. The molecule has 0 saturated heterocycles. The van der Waals surface area contributed by atoms with E-state index in [-0.39, 0.29) is 37.7 Å². The van der Waals surface area contributed by atoms with Crippen LogP contribution >= 0.6 is 0 Å². The molecule has 1 unspecified atom stereocenters. The van der Waals surface area contributed by atoms with Crippen LogP contribution < -0.4 is 19.1 Å². The Morgan fingerprint density at radius 3 is 2.27 bits per heavy atom. The highest BCUT2D eigenvalue weighted by Crippen LogP contribution is 2.29. The number of anilines is 1. The average Bonchev–Trinajstić information content (AvgIpc) is 2.89. The zero-order chi connectivity index (χ0) is 27.4. The number of carbonyl (C=O) groups is 2. The Balaban J connectivity index is 2.18. The average molecular weight is 534 g/mol. The minimum absolute atomic E-state index is 0.0733. The van der Waals surface area contributed by atoms with Crippen molar-refractivity contribution in [2.45, 2.75) is 52.1 Å². The van der Waals surface area contributed by atoms with Gasteiger partial charge in [-0.2, -0.15) is 0 Å². The Morgan fingerprint density at radius 2 is 1.68 bits per heavy atom. The zero-order valence-electron chi connectivity index (χ0n) is 22.4. The highest BCUT2D eigenvalue weighted by atomic mass is 32.2. The quantitative estimate of drug-likeness (QED) is 0.351. The Hall–Kier alpha value is -3.27. The molecule has 0 aliphatic carbocycles. The maximum atomic E-state index is 13.4. The van der Waals surface area contributed by atoms with E-state index in [0.717, 1.165) is 24.7 Å². The van der Waals surface area contributed by atoms with Gasteiger partial charge in [0.1, 0.15) is 17.5 Å². The van der Waals surface area contributed by atoms with Crippen LogP contribution in [0.2, 0.25) is 0 Å². The molecule has 0 bridgehead atoms. The van der Waals surface area contributed by atoms with Crippen LogP contribution in [0, 0.1) is 0 Å². The van der Waals surface area contributed by atoms with Crippen LogP contribution in [0.1, 0.15) is 45.1 Å². The Kier molecular flexibility index (Phi) is 11.7. The van der Waals surface area contributed by atoms with E-state index in [2.05, 4.69) is 5.32 Å². The highest BCUT2D eigenvalue weighted by Gasteiger charge is 2.27. The first-order chi connectivity index (χ1) is 17.6. The Bertz CT molecular complexity index is 1120. The lowest BCUT2D eigenvalue weighted by Crippen LogP contribution is -2.48. The van der Waals surface area contributed by atoms with E-state index >= 15 is 0 Å². The van der Waals surface area contributed by atoms with Crippen molar-refractivity contribution >= 4 is 27.5 Å². The summed E-state index contributed by atoms with van der Waals surface area (Å²) in [7, 11) is -0.553. The molecule has 0 spiro atoms. The summed E-state index contributed by atoms with van der Waals surface area (Å²) < 4.78 is 36.9. The molecule has 10 heteroatoms. The predicted molar refractivity (Wildman–Crippen MR) is 145 cm³/mol. The van der Waals surface area contributed by atoms with E-state index in [9.17, 15) is 18.0 Å². The van der Waals surface area contributed by atoms with Crippen molar-refractivity contribution < 1.29 is 27.5 Å². The van der Waals surface area contributed by atoms with Crippen LogP contribution in [0.15, 0.2) is 48.5 Å². The second-order valence-corrected chi connectivity index (χ2v) is 10.7. The summed E-state index contributed by atoms with van der Waals surface area (Å²) >= 11 is 0. The van der Waals surface area contributed by atoms with E-state index in [1.807, 2.05) is 19.1 Å². The van der Waals surface area contributed by atoms with E-state index in [1.165, 1.54) is 16.3 Å². The Labute approximate surface area is 220 Å². The van der Waals surface area contributed by atoms with Gasteiger partial charge in [-0.25, -0.2) is 8.42 Å². The van der Waals surface area contributed by atoms with Crippen LogP contribution in [0.3, 0.4) is 0 Å². The van der Waals surface area contributed by atoms with Gasteiger partial charge in [-0.15, -0.1) is 0 Å². The minimum atomic E-state index is -3.61. The summed E-state index contributed by atoms with van der Waals surface area (Å²) in [5.41, 5.74) is 1.27. The molecule has 0 aliphatic heterocycles. The third kappa shape index (κ3) is 8.96. The van der Waals surface area contributed by atoms with Crippen molar-refractivity contribution in [3.8, 4) is 11.5 Å². The zero-order valence-corrected chi connectivity index (χ0v) is 23.2. The molecule has 0 aromatic heterocycles. The lowest BCUT2D eigenvalue weighted by atomic mass is 10.1. The van der Waals surface area contributed by atoms with E-state index in [4.69, 9.17) is 9.47 Å². The molecule has 0 saturated carbocycles. The summed E-state index contributed by atoms with van der Waals surface area (Å²) in [5.74, 6) is 0.673. The second kappa shape index (κ2) is 14.5. The molecule has 204 valence electrons. The number of benzene rings is 2. The smallest absolute Gasteiger partial charge is 0.242 e. The van der Waals surface area contributed by atoms with E-state index in [0.29, 0.717) is 23.7 Å². The predicted octanol–water partition coefficient (Wildman–Crippen LogP) is 3.58. The number of ether oxygens (including phenoxy) is 2. The third-order valence-electron chi connectivity index (χ3n) is 6.01. The van der Waals surface area contributed by atoms with Gasteiger partial charge < -0.3 is 19.7 Å². The molecular formula is C27H39N3O6S. The molecule has 2 aromatic rings. The second-order valence-electron chi connectivity index (χ2n) is 8.80. The fourth-order valence-corrected chi connectivity index (χ4v) is 4.83. The lowest BCUT2D eigenvalue weighted by Gasteiger charge is -2.29. The van der Waals surface area contributed by atoms with Gasteiger partial charge in [0.25, 0.3) is 0 Å². The lowest BCUT2D eigenvalue weighted by molar-refractivity contribution is -0.140. The van der Waals surface area contributed by atoms with Crippen molar-refractivity contribution in [1.82, 2.24) is 10.2 Å². The largest absolute Gasteiger partial charge is 0.497 e. The van der Waals surface area contributed by atoms with Gasteiger partial charge in [-0.3, -0.25) is 13.9 Å². The molecule has 0 radical (unpaired) electrons. The molecule has 2 aromatic carbocycles. The summed E-state index contributed by atoms with van der Waals surface area (Å²) in [5, 5.41) is 2.90. The standard InChI is InChI=1S/C27H39N3O6S/c1-6-7-18-28-27(32)21(2)29(20-22-14-16-23(35-3)17-15-22)26(31)13-10-19-30(37(5,33)34)24-11-8-9-12-25(24)36-4/h8-9,11-12,14-17,21H,6-7,10,13,18-20H2,1-5H3,(H,28,32). The number of nitrogens with zero attached hydrogens (tertiary/aromatic N) is 2. The molecule has 2 rings (SSSR count). The first-order valence-corrected chi connectivity index (χ1v) is 14.3. The van der Waals surface area contributed by atoms with Crippen LogP contribution in [-0.2, 0) is 26.2 Å². The monoisotopic (exact) mass is 533 g/mol. The van der Waals surface area contributed by atoms with Gasteiger partial charge in [0, 0.05) is 26.1 Å². The fraction of sp³-hybridized carbons (Fsp3) is 0.481. The maximum absolute atomic E-state index is 13.4. The molecular weight excluding hydrogens is 494 g/mol. The van der Waals surface area contributed by atoms with Crippen LogP contribution in [0.5, 0.6) is 11.5 Å². The molecule has 2 amide bonds. The molecule has 9 nitrogen and oxygen atoms in total. The van der Waals surface area contributed by atoms with Crippen molar-refractivity contribution in [3.05, 3.63) is 54.1 Å². The summed E-state index contributed by atoms with van der Waals surface area (Å²) in [4.78, 5) is 27.7. The van der Waals surface area contributed by atoms with Gasteiger partial charge in [0.05, 0.1) is 26.2 Å². The van der Waals surface area contributed by atoms with Crippen molar-refractivity contribution in [2.24, 2.45) is 0 Å². The number of amides is 2. The number of nitrogens with one attached hydrogen (secondary N) is 1. The van der Waals surface area contributed by atoms with Crippen molar-refractivity contribution in [3.63, 3.8) is 0 Å². The molecule has 0 aliphatic rings. The van der Waals surface area contributed by atoms with Crippen molar-refractivity contribution in [2.75, 3.05) is 37.9 Å². The fourth-order valence-electron chi connectivity index (χ4n) is 3.86. The highest BCUT2D eigenvalue weighted by molar-refractivity contribution is 7.92. The number of rotatable bonds is 15. The Morgan fingerprint density at radius 1 is 1.00 bits per heavy atom. The first-order valence-electron chi connectivity index (χ1n) is 12.4. The van der Waals surface area contributed by atoms with Crippen LogP contribution in [0.4, 0.5) is 5.69 Å². The molecule has 1 atom stereocenters. The third-order valence-corrected chi connectivity index (χ3v) is 7.19. The van der Waals surface area contributed by atoms with E-state index in [1.54, 1.807) is 50.4 Å². The number of carbonyl (C=O) groups excluding carboxylic acids is 2. The van der Waals surface area contributed by atoms with E-state index < -0.39 is 16.1 Å². The molecule has 37 heavy (non-hydrogen) atoms. The topological polar surface area (TPSA) is 105 Å².